The highest BCUT2D eigenvalue weighted by molar-refractivity contribution is 7.80. The van der Waals surface area contributed by atoms with Gasteiger partial charge in [-0.3, -0.25) is 0 Å². The van der Waals surface area contributed by atoms with Gasteiger partial charge >= 0.3 is 0 Å². The number of hydrogen-bond acceptors (Lipinski definition) is 3. The SMILES string of the molecule is COC(=S)[C@H]1CCCO1. The van der Waals surface area contributed by atoms with Crippen LogP contribution in [0, 0.1) is 0 Å². The number of thiocarbonyl (C=S) groups is 1. The molecule has 0 spiro atoms. The number of hydrogen-bond donors (Lipinski definition) is 0. The van der Waals surface area contributed by atoms with Gasteiger partial charge in [0.25, 0.3) is 0 Å². The topological polar surface area (TPSA) is 18.5 Å². The fraction of sp³-hybridized carbons (Fsp3) is 0.833. The van der Waals surface area contributed by atoms with Crippen molar-refractivity contribution in [2.45, 2.75) is 18.9 Å². The smallest absolute Gasteiger partial charge is 0.188 e. The van der Waals surface area contributed by atoms with Crippen LogP contribution in [0.2, 0.25) is 0 Å². The summed E-state index contributed by atoms with van der Waals surface area (Å²) in [5.74, 6) is 0. The minimum Gasteiger partial charge on any atom is -0.488 e. The second kappa shape index (κ2) is 3.13. The molecule has 1 heterocycles. The Hall–Kier alpha value is -0.150. The predicted octanol–water partition coefficient (Wildman–Crippen LogP) is 1.14. The van der Waals surface area contributed by atoms with Gasteiger partial charge in [0.15, 0.2) is 5.05 Å². The fourth-order valence-corrected chi connectivity index (χ4v) is 1.08. The molecular weight excluding hydrogens is 136 g/mol. The van der Waals surface area contributed by atoms with E-state index in [-0.39, 0.29) is 6.10 Å². The second-order valence-corrected chi connectivity index (χ2v) is 2.43. The molecule has 0 aliphatic carbocycles. The van der Waals surface area contributed by atoms with Gasteiger partial charge in [-0.1, -0.05) is 0 Å². The van der Waals surface area contributed by atoms with Gasteiger partial charge in [0.1, 0.15) is 6.10 Å². The maximum absolute atomic E-state index is 5.24. The zero-order valence-electron chi connectivity index (χ0n) is 5.42. The highest BCUT2D eigenvalue weighted by Gasteiger charge is 2.20. The van der Waals surface area contributed by atoms with Crippen LogP contribution in [0.1, 0.15) is 12.8 Å². The Morgan fingerprint density at radius 2 is 2.56 bits per heavy atom. The molecule has 0 aromatic heterocycles. The standard InChI is InChI=1S/C6H10O2S/c1-7-6(9)5-3-2-4-8-5/h5H,2-4H2,1H3/t5-/m1/s1. The number of ether oxygens (including phenoxy) is 2. The van der Waals surface area contributed by atoms with Crippen LogP contribution in [0.15, 0.2) is 0 Å². The lowest BCUT2D eigenvalue weighted by molar-refractivity contribution is 0.142. The number of rotatable bonds is 1. The van der Waals surface area contributed by atoms with Crippen LogP contribution in [0.3, 0.4) is 0 Å². The maximum Gasteiger partial charge on any atom is 0.188 e. The third-order valence-corrected chi connectivity index (χ3v) is 1.82. The van der Waals surface area contributed by atoms with Crippen LogP contribution in [-0.2, 0) is 9.47 Å². The van der Waals surface area contributed by atoms with Crippen molar-refractivity contribution in [3.8, 4) is 0 Å². The Morgan fingerprint density at radius 1 is 1.78 bits per heavy atom. The molecule has 0 unspecified atom stereocenters. The van der Waals surface area contributed by atoms with Gasteiger partial charge < -0.3 is 9.47 Å². The first-order valence-corrected chi connectivity index (χ1v) is 3.45. The summed E-state index contributed by atoms with van der Waals surface area (Å²) in [4.78, 5) is 0. The van der Waals surface area contributed by atoms with E-state index in [0.29, 0.717) is 5.05 Å². The first-order chi connectivity index (χ1) is 4.34. The zero-order valence-corrected chi connectivity index (χ0v) is 6.24. The summed E-state index contributed by atoms with van der Waals surface area (Å²) in [6.45, 7) is 0.828. The van der Waals surface area contributed by atoms with Crippen LogP contribution < -0.4 is 0 Å². The minimum absolute atomic E-state index is 0.0880. The molecule has 0 amide bonds. The molecule has 1 atom stereocenters. The van der Waals surface area contributed by atoms with E-state index in [1.807, 2.05) is 0 Å². The Balaban J connectivity index is 2.32. The minimum atomic E-state index is 0.0880. The van der Waals surface area contributed by atoms with Crippen molar-refractivity contribution in [3.63, 3.8) is 0 Å². The predicted molar refractivity (Wildman–Crippen MR) is 38.6 cm³/mol. The van der Waals surface area contributed by atoms with E-state index in [1.165, 1.54) is 0 Å². The van der Waals surface area contributed by atoms with Crippen LogP contribution in [0.4, 0.5) is 0 Å². The molecule has 52 valence electrons. The summed E-state index contributed by atoms with van der Waals surface area (Å²) in [6, 6.07) is 0. The molecule has 1 saturated heterocycles. The van der Waals surface area contributed by atoms with E-state index in [0.717, 1.165) is 19.4 Å². The summed E-state index contributed by atoms with van der Waals surface area (Å²) < 4.78 is 10.1. The van der Waals surface area contributed by atoms with Crippen LogP contribution in [-0.4, -0.2) is 24.9 Å². The first-order valence-electron chi connectivity index (χ1n) is 3.04. The van der Waals surface area contributed by atoms with Gasteiger partial charge in [-0.25, -0.2) is 0 Å². The summed E-state index contributed by atoms with van der Waals surface area (Å²) in [5, 5.41) is 0.590. The molecule has 0 aromatic rings. The lowest BCUT2D eigenvalue weighted by atomic mass is 10.2. The molecule has 0 radical (unpaired) electrons. The van der Waals surface area contributed by atoms with Gasteiger partial charge in [0, 0.05) is 6.61 Å². The zero-order chi connectivity index (χ0) is 6.69. The fourth-order valence-electron chi connectivity index (χ4n) is 0.895. The van der Waals surface area contributed by atoms with Crippen molar-refractivity contribution in [3.05, 3.63) is 0 Å². The quantitative estimate of drug-likeness (QED) is 0.517. The Bertz CT molecular complexity index is 108. The van der Waals surface area contributed by atoms with Crippen molar-refractivity contribution < 1.29 is 9.47 Å². The summed E-state index contributed by atoms with van der Waals surface area (Å²) in [7, 11) is 1.59. The summed E-state index contributed by atoms with van der Waals surface area (Å²) in [5.41, 5.74) is 0. The van der Waals surface area contributed by atoms with E-state index in [9.17, 15) is 0 Å². The van der Waals surface area contributed by atoms with Crippen LogP contribution in [0.25, 0.3) is 0 Å². The Kier molecular flexibility index (Phi) is 2.42. The van der Waals surface area contributed by atoms with E-state index in [1.54, 1.807) is 7.11 Å². The average Bonchev–Trinajstić information content (AvgIpc) is 2.37. The highest BCUT2D eigenvalue weighted by Crippen LogP contribution is 2.13. The second-order valence-electron chi connectivity index (χ2n) is 2.02. The summed E-state index contributed by atoms with van der Waals surface area (Å²) in [6.07, 6.45) is 2.21. The number of methoxy groups -OCH3 is 1. The lowest BCUT2D eigenvalue weighted by Gasteiger charge is -2.07. The van der Waals surface area contributed by atoms with E-state index in [2.05, 4.69) is 0 Å². The molecule has 0 saturated carbocycles. The third-order valence-electron chi connectivity index (χ3n) is 1.39. The van der Waals surface area contributed by atoms with Crippen molar-refractivity contribution >= 4 is 17.3 Å². The summed E-state index contributed by atoms with van der Waals surface area (Å²) >= 11 is 4.87. The van der Waals surface area contributed by atoms with Gasteiger partial charge in [-0.05, 0) is 25.1 Å². The monoisotopic (exact) mass is 146 g/mol. The van der Waals surface area contributed by atoms with Crippen LogP contribution >= 0.6 is 12.2 Å². The lowest BCUT2D eigenvalue weighted by Crippen LogP contribution is -2.18. The van der Waals surface area contributed by atoms with Gasteiger partial charge in [0.2, 0.25) is 0 Å². The van der Waals surface area contributed by atoms with Crippen molar-refractivity contribution in [2.75, 3.05) is 13.7 Å². The molecule has 1 aliphatic heterocycles. The Morgan fingerprint density at radius 3 is 3.00 bits per heavy atom. The molecule has 1 rings (SSSR count). The molecule has 0 aromatic carbocycles. The van der Waals surface area contributed by atoms with Crippen molar-refractivity contribution in [2.24, 2.45) is 0 Å². The average molecular weight is 146 g/mol. The maximum atomic E-state index is 5.24. The largest absolute Gasteiger partial charge is 0.488 e. The molecule has 9 heavy (non-hydrogen) atoms. The molecule has 1 fully saturated rings. The Labute approximate surface area is 60.1 Å². The van der Waals surface area contributed by atoms with Gasteiger partial charge in [0.05, 0.1) is 7.11 Å². The molecule has 0 N–H and O–H groups in total. The van der Waals surface area contributed by atoms with E-state index in [4.69, 9.17) is 21.7 Å². The first kappa shape index (κ1) is 6.96. The molecule has 0 bridgehead atoms. The van der Waals surface area contributed by atoms with E-state index < -0.39 is 0 Å². The highest BCUT2D eigenvalue weighted by atomic mass is 32.1. The van der Waals surface area contributed by atoms with Crippen molar-refractivity contribution in [1.82, 2.24) is 0 Å². The van der Waals surface area contributed by atoms with Gasteiger partial charge in [-0.15, -0.1) is 0 Å². The normalized spacial score (nSPS) is 26.1. The van der Waals surface area contributed by atoms with E-state index >= 15 is 0 Å². The van der Waals surface area contributed by atoms with Crippen LogP contribution in [0.5, 0.6) is 0 Å². The third kappa shape index (κ3) is 1.63. The molecule has 2 nitrogen and oxygen atoms in total. The van der Waals surface area contributed by atoms with Crippen molar-refractivity contribution in [1.29, 1.82) is 0 Å². The molecule has 3 heteroatoms. The van der Waals surface area contributed by atoms with Gasteiger partial charge in [-0.2, -0.15) is 0 Å². The molecular formula is C6H10O2S. The molecule has 1 aliphatic rings.